The molecule has 7 nitrogen and oxygen atoms in total. The summed E-state index contributed by atoms with van der Waals surface area (Å²) in [5, 5.41) is 9.03. The number of aliphatic imine (C=N–C) groups is 1. The Bertz CT molecular complexity index is 1030. The maximum absolute atomic E-state index is 12.6. The van der Waals surface area contributed by atoms with Crippen molar-refractivity contribution in [3.8, 4) is 0 Å². The second kappa shape index (κ2) is 9.51. The quantitative estimate of drug-likeness (QED) is 0.587. The minimum atomic E-state index is -0.933. The Hall–Kier alpha value is -2.88. The summed E-state index contributed by atoms with van der Waals surface area (Å²) in [5.41, 5.74) is 4.40. The van der Waals surface area contributed by atoms with Crippen LogP contribution in [0.4, 0.5) is 4.79 Å². The van der Waals surface area contributed by atoms with Gasteiger partial charge in [-0.2, -0.15) is 0 Å². The first-order chi connectivity index (χ1) is 15.0. The van der Waals surface area contributed by atoms with E-state index in [9.17, 15) is 9.59 Å². The van der Waals surface area contributed by atoms with Crippen molar-refractivity contribution in [3.63, 3.8) is 0 Å². The number of benzene rings is 2. The van der Waals surface area contributed by atoms with Crippen molar-refractivity contribution in [2.75, 3.05) is 19.6 Å². The molecule has 2 aliphatic rings. The topological polar surface area (TPSA) is 82.4 Å². The van der Waals surface area contributed by atoms with Gasteiger partial charge in [0, 0.05) is 41.9 Å². The number of carboxylic acids is 1. The summed E-state index contributed by atoms with van der Waals surface area (Å²) in [7, 11) is 0. The molecule has 0 unspecified atom stereocenters. The minimum absolute atomic E-state index is 0.259. The van der Waals surface area contributed by atoms with Gasteiger partial charge < -0.3 is 19.6 Å². The van der Waals surface area contributed by atoms with E-state index in [2.05, 4.69) is 32.5 Å². The molecule has 0 bridgehead atoms. The van der Waals surface area contributed by atoms with E-state index in [-0.39, 0.29) is 18.3 Å². The van der Waals surface area contributed by atoms with Crippen LogP contribution in [-0.4, -0.2) is 52.9 Å². The largest absolute Gasteiger partial charge is 0.478 e. The van der Waals surface area contributed by atoms with Crippen LogP contribution in [0.15, 0.2) is 64.8 Å². The normalized spacial score (nSPS) is 15.6. The minimum Gasteiger partial charge on any atom is -0.478 e. The fourth-order valence-electron chi connectivity index (χ4n) is 3.61. The summed E-state index contributed by atoms with van der Waals surface area (Å²) in [5.74, 6) is -0.933. The van der Waals surface area contributed by atoms with E-state index in [1.54, 1.807) is 17.0 Å². The number of ether oxygens (including phenoxy) is 1. The van der Waals surface area contributed by atoms with Gasteiger partial charge in [0.1, 0.15) is 6.61 Å². The van der Waals surface area contributed by atoms with Crippen molar-refractivity contribution in [2.45, 2.75) is 19.6 Å². The summed E-state index contributed by atoms with van der Waals surface area (Å²) >= 11 is 2.24. The third-order valence-electron chi connectivity index (χ3n) is 5.30. The molecule has 1 amide bonds. The number of hydrogen-bond donors (Lipinski definition) is 1. The molecule has 0 spiro atoms. The molecular weight excluding hydrogens is 509 g/mol. The molecule has 0 fully saturated rings. The van der Waals surface area contributed by atoms with Crippen LogP contribution < -0.4 is 0 Å². The van der Waals surface area contributed by atoms with Gasteiger partial charge in [0.2, 0.25) is 0 Å². The van der Waals surface area contributed by atoms with Gasteiger partial charge in [-0.3, -0.25) is 0 Å². The third kappa shape index (κ3) is 5.43. The first kappa shape index (κ1) is 21.4. The Balaban J connectivity index is 1.32. The lowest BCUT2D eigenvalue weighted by Crippen LogP contribution is -2.41. The smallest absolute Gasteiger partial charge is 0.410 e. The van der Waals surface area contributed by atoms with Crippen molar-refractivity contribution >= 4 is 41.0 Å². The Morgan fingerprint density at radius 2 is 1.74 bits per heavy atom. The maximum atomic E-state index is 12.6. The number of hydrogen-bond acceptors (Lipinski definition) is 5. The average Bonchev–Trinajstić information content (AvgIpc) is 2.78. The van der Waals surface area contributed by atoms with E-state index in [0.29, 0.717) is 32.6 Å². The molecule has 160 valence electrons. The molecule has 2 heterocycles. The van der Waals surface area contributed by atoms with Crippen LogP contribution in [0.3, 0.4) is 0 Å². The molecular formula is C23H22IN3O4. The van der Waals surface area contributed by atoms with E-state index >= 15 is 0 Å². The van der Waals surface area contributed by atoms with Crippen molar-refractivity contribution in [1.29, 1.82) is 0 Å². The highest BCUT2D eigenvalue weighted by molar-refractivity contribution is 14.1. The fourth-order valence-corrected chi connectivity index (χ4v) is 3.97. The van der Waals surface area contributed by atoms with E-state index in [1.807, 2.05) is 42.7 Å². The Morgan fingerprint density at radius 1 is 1.03 bits per heavy atom. The number of rotatable bonds is 5. The van der Waals surface area contributed by atoms with Crippen molar-refractivity contribution in [2.24, 2.45) is 4.99 Å². The van der Waals surface area contributed by atoms with Crippen LogP contribution in [-0.2, 0) is 17.9 Å². The zero-order valence-electron chi connectivity index (χ0n) is 16.8. The van der Waals surface area contributed by atoms with E-state index in [1.165, 1.54) is 0 Å². The summed E-state index contributed by atoms with van der Waals surface area (Å²) in [6.07, 6.45) is 2.23. The van der Waals surface area contributed by atoms with E-state index in [4.69, 9.17) is 9.84 Å². The van der Waals surface area contributed by atoms with Crippen LogP contribution >= 0.6 is 22.6 Å². The third-order valence-corrected chi connectivity index (χ3v) is 6.02. The predicted octanol–water partition coefficient (Wildman–Crippen LogP) is 4.13. The zero-order chi connectivity index (χ0) is 21.8. The van der Waals surface area contributed by atoms with Gasteiger partial charge in [-0.1, -0.05) is 24.3 Å². The number of nitrogens with zero attached hydrogens (tertiary/aromatic N) is 3. The van der Waals surface area contributed by atoms with Gasteiger partial charge in [0.05, 0.1) is 11.9 Å². The second-order valence-corrected chi connectivity index (χ2v) is 8.80. The molecule has 2 aromatic carbocycles. The highest BCUT2D eigenvalue weighted by atomic mass is 127. The number of amides is 1. The first-order valence-corrected chi connectivity index (χ1v) is 11.0. The van der Waals surface area contributed by atoms with Crippen LogP contribution in [0, 0.1) is 3.57 Å². The van der Waals surface area contributed by atoms with Crippen LogP contribution in [0.2, 0.25) is 0 Å². The van der Waals surface area contributed by atoms with Gasteiger partial charge in [-0.25, -0.2) is 14.6 Å². The molecule has 2 aliphatic heterocycles. The lowest BCUT2D eigenvalue weighted by Gasteiger charge is -2.34. The summed E-state index contributed by atoms with van der Waals surface area (Å²) in [4.78, 5) is 31.9. The summed E-state index contributed by atoms with van der Waals surface area (Å²) in [6.45, 7) is 2.66. The van der Waals surface area contributed by atoms with Gasteiger partial charge in [-0.15, -0.1) is 0 Å². The molecule has 2 aromatic rings. The second-order valence-electron chi connectivity index (χ2n) is 7.55. The zero-order valence-corrected chi connectivity index (χ0v) is 19.0. The van der Waals surface area contributed by atoms with Gasteiger partial charge >= 0.3 is 12.1 Å². The Kier molecular flexibility index (Phi) is 6.55. The molecule has 1 N–H and O–H groups in total. The lowest BCUT2D eigenvalue weighted by atomic mass is 10.0. The van der Waals surface area contributed by atoms with E-state index in [0.717, 1.165) is 26.0 Å². The molecule has 4 rings (SSSR count). The number of carboxylic acid groups (broad SMARTS) is 1. The monoisotopic (exact) mass is 531 g/mol. The average molecular weight is 531 g/mol. The van der Waals surface area contributed by atoms with Crippen molar-refractivity contribution < 1.29 is 19.4 Å². The van der Waals surface area contributed by atoms with E-state index < -0.39 is 5.97 Å². The lowest BCUT2D eigenvalue weighted by molar-refractivity contribution is 0.0696. The molecule has 0 saturated heterocycles. The molecule has 0 radical (unpaired) electrons. The fraction of sp³-hybridized carbons (Fsp3) is 0.261. The number of carbonyl (C=O) groups excluding carboxylic acids is 1. The highest BCUT2D eigenvalue weighted by Gasteiger charge is 2.26. The number of halogens is 1. The van der Waals surface area contributed by atoms with Crippen LogP contribution in [0.25, 0.3) is 0 Å². The molecule has 0 atom stereocenters. The van der Waals surface area contributed by atoms with Gasteiger partial charge in [0.15, 0.2) is 0 Å². The SMILES string of the molecule is O=C(O)c1ccc(CN2C=NC3=C(C2)CN(C(=O)OCc2ccc(I)cc2)CC3)cc1. The Labute approximate surface area is 194 Å². The maximum Gasteiger partial charge on any atom is 0.410 e. The van der Waals surface area contributed by atoms with Gasteiger partial charge in [-0.05, 0) is 63.6 Å². The summed E-state index contributed by atoms with van der Waals surface area (Å²) in [6, 6.07) is 14.7. The molecule has 0 aliphatic carbocycles. The molecule has 8 heteroatoms. The highest BCUT2D eigenvalue weighted by Crippen LogP contribution is 2.24. The van der Waals surface area contributed by atoms with Crippen LogP contribution in [0.5, 0.6) is 0 Å². The number of carbonyl (C=O) groups is 2. The molecule has 0 saturated carbocycles. The first-order valence-electron chi connectivity index (χ1n) is 9.95. The Morgan fingerprint density at radius 3 is 2.45 bits per heavy atom. The van der Waals surface area contributed by atoms with Gasteiger partial charge in [0.25, 0.3) is 0 Å². The summed E-state index contributed by atoms with van der Waals surface area (Å²) < 4.78 is 6.64. The van der Waals surface area contributed by atoms with Crippen molar-refractivity contribution in [1.82, 2.24) is 9.80 Å². The molecule has 31 heavy (non-hydrogen) atoms. The van der Waals surface area contributed by atoms with Crippen molar-refractivity contribution in [3.05, 3.63) is 80.1 Å². The van der Waals surface area contributed by atoms with Crippen LogP contribution in [0.1, 0.15) is 27.9 Å². The molecule has 0 aromatic heterocycles. The standard InChI is InChI=1S/C23H22IN3O4/c24-20-7-3-17(4-8-20)14-31-23(30)27-10-9-21-19(13-27)12-26(15-25-21)11-16-1-5-18(6-2-16)22(28)29/h1-8,15H,9-14H2,(H,28,29). The predicted molar refractivity (Wildman–Crippen MR) is 125 cm³/mol. The number of aromatic carboxylic acids is 1.